The van der Waals surface area contributed by atoms with Crippen LogP contribution in [-0.2, 0) is 0 Å². The third-order valence-corrected chi connectivity index (χ3v) is 2.34. The molecule has 0 bridgehead atoms. The fourth-order valence-electron chi connectivity index (χ4n) is 1.54. The Bertz CT molecular complexity index is 401. The van der Waals surface area contributed by atoms with Gasteiger partial charge in [0.25, 0.3) is 0 Å². The van der Waals surface area contributed by atoms with Gasteiger partial charge in [0.05, 0.1) is 0 Å². The van der Waals surface area contributed by atoms with Crippen LogP contribution in [0, 0.1) is 0 Å². The fraction of sp³-hybridized carbons (Fsp3) is 0.500. The van der Waals surface area contributed by atoms with Crippen molar-refractivity contribution in [1.29, 1.82) is 0 Å². The largest absolute Gasteiger partial charge is 0.405 e. The number of hydrogen-bond donors (Lipinski definition) is 0. The summed E-state index contributed by atoms with van der Waals surface area (Å²) in [4.78, 5) is 16.1. The van der Waals surface area contributed by atoms with E-state index in [1.54, 1.807) is 6.92 Å². The summed E-state index contributed by atoms with van der Waals surface area (Å²) in [6, 6.07) is 2.93. The highest BCUT2D eigenvalue weighted by Crippen LogP contribution is 2.21. The number of rotatable bonds is 5. The quantitative estimate of drug-likeness (QED) is 0.763. The predicted molar refractivity (Wildman–Crippen MR) is 62.8 cm³/mol. The molecular weight excluding hydrogens is 245 g/mol. The Hall–Kier alpha value is -1.59. The highest BCUT2D eigenvalue weighted by molar-refractivity contribution is 5.93. The minimum Gasteiger partial charge on any atom is -0.348 e. The SMILES string of the molecule is CCCN(CC(F)(F)F)c1ccc(C(C)=O)cn1. The Kier molecular flexibility index (Phi) is 4.69. The van der Waals surface area contributed by atoms with Gasteiger partial charge in [0.15, 0.2) is 5.78 Å². The molecule has 0 aliphatic heterocycles. The third-order valence-electron chi connectivity index (χ3n) is 2.34. The Labute approximate surface area is 104 Å². The number of alkyl halides is 3. The zero-order valence-electron chi connectivity index (χ0n) is 10.3. The number of carbonyl (C=O) groups excluding carboxylic acids is 1. The Balaban J connectivity index is 2.88. The van der Waals surface area contributed by atoms with E-state index in [2.05, 4.69) is 4.98 Å². The summed E-state index contributed by atoms with van der Waals surface area (Å²) in [6.45, 7) is 2.42. The second-order valence-corrected chi connectivity index (χ2v) is 4.00. The van der Waals surface area contributed by atoms with Gasteiger partial charge in [0.2, 0.25) is 0 Å². The number of Topliss-reactive ketones (excluding diaryl/α,β-unsaturated/α-hetero) is 1. The van der Waals surface area contributed by atoms with E-state index in [1.165, 1.54) is 25.3 Å². The topological polar surface area (TPSA) is 33.2 Å². The maximum absolute atomic E-state index is 12.4. The molecule has 0 amide bonds. The van der Waals surface area contributed by atoms with E-state index >= 15 is 0 Å². The van der Waals surface area contributed by atoms with Crippen LogP contribution in [0.3, 0.4) is 0 Å². The third kappa shape index (κ3) is 4.35. The Morgan fingerprint density at radius 3 is 2.44 bits per heavy atom. The first kappa shape index (κ1) is 14.5. The lowest BCUT2D eigenvalue weighted by molar-refractivity contribution is -0.119. The second kappa shape index (κ2) is 5.84. The fourth-order valence-corrected chi connectivity index (χ4v) is 1.54. The van der Waals surface area contributed by atoms with Gasteiger partial charge in [-0.05, 0) is 25.5 Å². The molecule has 0 atom stereocenters. The van der Waals surface area contributed by atoms with Gasteiger partial charge in [-0.25, -0.2) is 4.98 Å². The van der Waals surface area contributed by atoms with Crippen LogP contribution in [0.1, 0.15) is 30.6 Å². The molecule has 0 unspecified atom stereocenters. The van der Waals surface area contributed by atoms with Gasteiger partial charge in [-0.15, -0.1) is 0 Å². The van der Waals surface area contributed by atoms with Crippen LogP contribution in [0.4, 0.5) is 19.0 Å². The molecule has 0 aromatic carbocycles. The van der Waals surface area contributed by atoms with E-state index in [-0.39, 0.29) is 18.1 Å². The highest BCUT2D eigenvalue weighted by atomic mass is 19.4. The lowest BCUT2D eigenvalue weighted by atomic mass is 10.2. The van der Waals surface area contributed by atoms with Crippen LogP contribution in [0.5, 0.6) is 0 Å². The van der Waals surface area contributed by atoms with Crippen molar-refractivity contribution >= 4 is 11.6 Å². The van der Waals surface area contributed by atoms with E-state index in [1.807, 2.05) is 0 Å². The molecule has 0 aliphatic carbocycles. The van der Waals surface area contributed by atoms with Gasteiger partial charge in [0, 0.05) is 18.3 Å². The first-order valence-electron chi connectivity index (χ1n) is 5.62. The summed E-state index contributed by atoms with van der Waals surface area (Å²) in [5.74, 6) is 0.0751. The molecule has 1 aromatic heterocycles. The number of hydrogen-bond acceptors (Lipinski definition) is 3. The van der Waals surface area contributed by atoms with Crippen LogP contribution >= 0.6 is 0 Å². The van der Waals surface area contributed by atoms with Crippen molar-refractivity contribution in [2.75, 3.05) is 18.0 Å². The molecule has 0 N–H and O–H groups in total. The first-order chi connectivity index (χ1) is 8.33. The van der Waals surface area contributed by atoms with Crippen molar-refractivity contribution in [3.05, 3.63) is 23.9 Å². The van der Waals surface area contributed by atoms with Crippen molar-refractivity contribution in [2.24, 2.45) is 0 Å². The van der Waals surface area contributed by atoms with Crippen LogP contribution in [-0.4, -0.2) is 30.0 Å². The summed E-state index contributed by atoms with van der Waals surface area (Å²) in [7, 11) is 0. The molecule has 0 saturated heterocycles. The molecule has 18 heavy (non-hydrogen) atoms. The summed E-state index contributed by atoms with van der Waals surface area (Å²) in [6.07, 6.45) is -2.38. The molecule has 1 heterocycles. The lowest BCUT2D eigenvalue weighted by Gasteiger charge is -2.24. The number of pyridine rings is 1. The number of aromatic nitrogens is 1. The minimum atomic E-state index is -4.27. The average molecular weight is 260 g/mol. The number of nitrogens with zero attached hydrogens (tertiary/aromatic N) is 2. The van der Waals surface area contributed by atoms with E-state index in [0.29, 0.717) is 12.0 Å². The van der Waals surface area contributed by atoms with Crippen LogP contribution in [0.2, 0.25) is 0 Å². The van der Waals surface area contributed by atoms with Crippen molar-refractivity contribution in [3.8, 4) is 0 Å². The van der Waals surface area contributed by atoms with E-state index in [4.69, 9.17) is 0 Å². The molecule has 0 aliphatic rings. The van der Waals surface area contributed by atoms with Gasteiger partial charge in [0.1, 0.15) is 12.4 Å². The van der Waals surface area contributed by atoms with Gasteiger partial charge in [-0.3, -0.25) is 4.79 Å². The molecule has 1 rings (SSSR count). The van der Waals surface area contributed by atoms with Crippen molar-refractivity contribution in [3.63, 3.8) is 0 Å². The van der Waals surface area contributed by atoms with E-state index in [9.17, 15) is 18.0 Å². The molecule has 6 heteroatoms. The van der Waals surface area contributed by atoms with E-state index in [0.717, 1.165) is 4.90 Å². The summed E-state index contributed by atoms with van der Waals surface area (Å²) >= 11 is 0. The molecule has 3 nitrogen and oxygen atoms in total. The molecule has 0 fully saturated rings. The number of ketones is 1. The van der Waals surface area contributed by atoms with Crippen LogP contribution < -0.4 is 4.90 Å². The highest BCUT2D eigenvalue weighted by Gasteiger charge is 2.31. The molecule has 100 valence electrons. The molecule has 0 spiro atoms. The summed E-state index contributed by atoms with van der Waals surface area (Å²) in [5.41, 5.74) is 0.391. The number of halogens is 3. The number of anilines is 1. The van der Waals surface area contributed by atoms with Gasteiger partial charge < -0.3 is 4.90 Å². The smallest absolute Gasteiger partial charge is 0.348 e. The first-order valence-corrected chi connectivity index (χ1v) is 5.62. The minimum absolute atomic E-state index is 0.160. The molecular formula is C12H15F3N2O. The van der Waals surface area contributed by atoms with Crippen molar-refractivity contribution in [1.82, 2.24) is 4.98 Å². The molecule has 0 saturated carbocycles. The van der Waals surface area contributed by atoms with Crippen molar-refractivity contribution in [2.45, 2.75) is 26.4 Å². The summed E-state index contributed by atoms with van der Waals surface area (Å²) in [5, 5.41) is 0. The second-order valence-electron chi connectivity index (χ2n) is 4.00. The molecule has 0 radical (unpaired) electrons. The van der Waals surface area contributed by atoms with Crippen LogP contribution in [0.25, 0.3) is 0 Å². The van der Waals surface area contributed by atoms with Crippen molar-refractivity contribution < 1.29 is 18.0 Å². The average Bonchev–Trinajstić information content (AvgIpc) is 2.27. The number of carbonyl (C=O) groups is 1. The van der Waals surface area contributed by atoms with Gasteiger partial charge >= 0.3 is 6.18 Å². The predicted octanol–water partition coefficient (Wildman–Crippen LogP) is 3.06. The zero-order valence-corrected chi connectivity index (χ0v) is 10.3. The van der Waals surface area contributed by atoms with Gasteiger partial charge in [-0.2, -0.15) is 13.2 Å². The van der Waals surface area contributed by atoms with Gasteiger partial charge in [-0.1, -0.05) is 6.92 Å². The monoisotopic (exact) mass is 260 g/mol. The van der Waals surface area contributed by atoms with E-state index < -0.39 is 12.7 Å². The van der Waals surface area contributed by atoms with Crippen LogP contribution in [0.15, 0.2) is 18.3 Å². The Morgan fingerprint density at radius 2 is 2.06 bits per heavy atom. The lowest BCUT2D eigenvalue weighted by Crippen LogP contribution is -2.35. The maximum Gasteiger partial charge on any atom is 0.405 e. The maximum atomic E-state index is 12.4. The Morgan fingerprint density at radius 1 is 1.39 bits per heavy atom. The standard InChI is InChI=1S/C12H15F3N2O/c1-3-6-17(8-12(13,14)15)11-5-4-10(7-16-11)9(2)18/h4-5,7H,3,6,8H2,1-2H3. The zero-order chi connectivity index (χ0) is 13.8. The summed E-state index contributed by atoms with van der Waals surface area (Å²) < 4.78 is 37.2. The normalized spacial score (nSPS) is 11.4. The molecule has 1 aromatic rings.